The predicted octanol–water partition coefficient (Wildman–Crippen LogP) is 4.25. The second-order valence-corrected chi connectivity index (χ2v) is 7.06. The number of nitrogens with zero attached hydrogens (tertiary/aromatic N) is 1. The maximum absolute atomic E-state index is 13.1. The van der Waals surface area contributed by atoms with Crippen LogP contribution in [0.15, 0.2) is 24.3 Å². The van der Waals surface area contributed by atoms with Gasteiger partial charge in [-0.05, 0) is 56.1 Å². The smallest absolute Gasteiger partial charge is 0.226 e. The molecular weight excluding hydrogens is 258 g/mol. The van der Waals surface area contributed by atoms with Crippen molar-refractivity contribution in [2.75, 3.05) is 0 Å². The second kappa shape index (κ2) is 5.47. The van der Waals surface area contributed by atoms with Crippen molar-refractivity contribution in [3.05, 3.63) is 35.4 Å². The monoisotopic (exact) mass is 283 g/mol. The van der Waals surface area contributed by atoms with E-state index in [1.807, 2.05) is 0 Å². The maximum atomic E-state index is 13.1. The molecule has 1 unspecified atom stereocenters. The van der Waals surface area contributed by atoms with Gasteiger partial charge in [0.25, 0.3) is 0 Å². The van der Waals surface area contributed by atoms with E-state index in [-0.39, 0.29) is 0 Å². The van der Waals surface area contributed by atoms with Crippen LogP contribution in [0.4, 0.5) is 0 Å². The molecule has 0 spiro atoms. The molecule has 0 saturated heterocycles. The van der Waals surface area contributed by atoms with Gasteiger partial charge in [0.1, 0.15) is 0 Å². The minimum atomic E-state index is 0.319. The largest absolute Gasteiger partial charge is 0.332 e. The van der Waals surface area contributed by atoms with E-state index >= 15 is 0 Å². The summed E-state index contributed by atoms with van der Waals surface area (Å²) in [5.41, 5.74) is 2.90. The van der Waals surface area contributed by atoms with Crippen LogP contribution in [0.1, 0.15) is 68.5 Å². The normalized spacial score (nSPS) is 25.6. The molecule has 1 aromatic rings. The zero-order valence-corrected chi connectivity index (χ0v) is 12.8. The highest BCUT2D eigenvalue weighted by molar-refractivity contribution is 5.80. The van der Waals surface area contributed by atoms with E-state index in [0.717, 1.165) is 19.3 Å². The van der Waals surface area contributed by atoms with Gasteiger partial charge in [0.05, 0.1) is 6.04 Å². The number of rotatable bonds is 3. The molecule has 3 aliphatic carbocycles. The minimum absolute atomic E-state index is 0.319. The van der Waals surface area contributed by atoms with Crippen LogP contribution in [0.5, 0.6) is 0 Å². The highest BCUT2D eigenvalue weighted by Gasteiger charge is 2.41. The Labute approximate surface area is 127 Å². The molecule has 4 rings (SSSR count). The van der Waals surface area contributed by atoms with Crippen molar-refractivity contribution in [2.45, 2.75) is 69.9 Å². The summed E-state index contributed by atoms with van der Waals surface area (Å²) in [6, 6.07) is 9.69. The third kappa shape index (κ3) is 2.49. The molecule has 0 radical (unpaired) electrons. The molecule has 2 fully saturated rings. The highest BCUT2D eigenvalue weighted by atomic mass is 16.2. The lowest BCUT2D eigenvalue weighted by Gasteiger charge is -2.37. The minimum Gasteiger partial charge on any atom is -0.332 e. The van der Waals surface area contributed by atoms with Crippen LogP contribution in [0.25, 0.3) is 0 Å². The molecule has 112 valence electrons. The average Bonchev–Trinajstić information content (AvgIpc) is 3.20. The van der Waals surface area contributed by atoms with Gasteiger partial charge < -0.3 is 4.90 Å². The standard InChI is InChI=1S/C19H25NO/c21-19(15-7-1-2-8-15)20(16-12-13-16)18-11-5-9-14-6-3-4-10-17(14)18/h3-4,6,10,15-16,18H,1-2,5,7-9,11-13H2. The Morgan fingerprint density at radius 3 is 2.48 bits per heavy atom. The quantitative estimate of drug-likeness (QED) is 0.812. The van der Waals surface area contributed by atoms with Crippen LogP contribution < -0.4 is 0 Å². The first-order valence-corrected chi connectivity index (χ1v) is 8.74. The van der Waals surface area contributed by atoms with Crippen LogP contribution in [0, 0.1) is 5.92 Å². The van der Waals surface area contributed by atoms with E-state index in [1.54, 1.807) is 0 Å². The lowest BCUT2D eigenvalue weighted by Crippen LogP contribution is -2.41. The van der Waals surface area contributed by atoms with Gasteiger partial charge in [-0.3, -0.25) is 4.79 Å². The van der Waals surface area contributed by atoms with E-state index in [9.17, 15) is 4.79 Å². The van der Waals surface area contributed by atoms with Crippen molar-refractivity contribution in [1.29, 1.82) is 0 Å². The van der Waals surface area contributed by atoms with E-state index in [0.29, 0.717) is 23.9 Å². The van der Waals surface area contributed by atoms with Crippen molar-refractivity contribution < 1.29 is 4.79 Å². The molecule has 0 N–H and O–H groups in total. The van der Waals surface area contributed by atoms with Crippen LogP contribution >= 0.6 is 0 Å². The van der Waals surface area contributed by atoms with Gasteiger partial charge in [0.15, 0.2) is 0 Å². The summed E-state index contributed by atoms with van der Waals surface area (Å²) in [6.07, 6.45) is 10.7. The second-order valence-electron chi connectivity index (χ2n) is 7.06. The first kappa shape index (κ1) is 13.4. The number of hydrogen-bond donors (Lipinski definition) is 0. The molecular formula is C19H25NO. The van der Waals surface area contributed by atoms with Crippen molar-refractivity contribution >= 4 is 5.91 Å². The molecule has 2 saturated carbocycles. The Hall–Kier alpha value is -1.31. The molecule has 2 heteroatoms. The van der Waals surface area contributed by atoms with Crippen molar-refractivity contribution in [2.24, 2.45) is 5.92 Å². The molecule has 0 aromatic heterocycles. The van der Waals surface area contributed by atoms with E-state index in [4.69, 9.17) is 0 Å². The molecule has 1 amide bonds. The van der Waals surface area contributed by atoms with Crippen molar-refractivity contribution in [3.63, 3.8) is 0 Å². The molecule has 0 aliphatic heterocycles. The summed E-state index contributed by atoms with van der Waals surface area (Å²) in [4.78, 5) is 15.4. The van der Waals surface area contributed by atoms with Crippen LogP contribution in [-0.2, 0) is 11.2 Å². The van der Waals surface area contributed by atoms with Crippen molar-refractivity contribution in [3.8, 4) is 0 Å². The Morgan fingerprint density at radius 2 is 1.71 bits per heavy atom. The number of amides is 1. The fourth-order valence-corrected chi connectivity index (χ4v) is 4.34. The van der Waals surface area contributed by atoms with Crippen LogP contribution in [0.3, 0.4) is 0 Å². The van der Waals surface area contributed by atoms with E-state index < -0.39 is 0 Å². The summed E-state index contributed by atoms with van der Waals surface area (Å²) in [7, 11) is 0. The summed E-state index contributed by atoms with van der Waals surface area (Å²) >= 11 is 0. The summed E-state index contributed by atoms with van der Waals surface area (Å²) in [5, 5.41) is 0. The molecule has 1 aromatic carbocycles. The molecule has 0 bridgehead atoms. The summed E-state index contributed by atoms with van der Waals surface area (Å²) in [5.74, 6) is 0.788. The summed E-state index contributed by atoms with van der Waals surface area (Å²) < 4.78 is 0. The van der Waals surface area contributed by atoms with Gasteiger partial charge in [0, 0.05) is 12.0 Å². The zero-order chi connectivity index (χ0) is 14.2. The number of fused-ring (bicyclic) bond motifs is 1. The van der Waals surface area contributed by atoms with Crippen LogP contribution in [0.2, 0.25) is 0 Å². The lowest BCUT2D eigenvalue weighted by molar-refractivity contribution is -0.139. The fourth-order valence-electron chi connectivity index (χ4n) is 4.34. The van der Waals surface area contributed by atoms with Gasteiger partial charge in [-0.15, -0.1) is 0 Å². The SMILES string of the molecule is O=C(C1CCCC1)N(C1CC1)C1CCCc2ccccc21. The van der Waals surface area contributed by atoms with Gasteiger partial charge in [-0.25, -0.2) is 0 Å². The Kier molecular flexibility index (Phi) is 3.48. The zero-order valence-electron chi connectivity index (χ0n) is 12.8. The van der Waals surface area contributed by atoms with Gasteiger partial charge in [-0.2, -0.15) is 0 Å². The van der Waals surface area contributed by atoms with Gasteiger partial charge in [0.2, 0.25) is 5.91 Å². The third-order valence-electron chi connectivity index (χ3n) is 5.57. The fraction of sp³-hybridized carbons (Fsp3) is 0.632. The van der Waals surface area contributed by atoms with Crippen LogP contribution in [-0.4, -0.2) is 16.8 Å². The Balaban J connectivity index is 1.64. The van der Waals surface area contributed by atoms with E-state index in [2.05, 4.69) is 29.2 Å². The maximum Gasteiger partial charge on any atom is 0.226 e. The number of carbonyl (C=O) groups excluding carboxylic acids is 1. The molecule has 0 heterocycles. The first-order chi connectivity index (χ1) is 10.3. The topological polar surface area (TPSA) is 20.3 Å². The summed E-state index contributed by atoms with van der Waals surface area (Å²) in [6.45, 7) is 0. The number of benzene rings is 1. The third-order valence-corrected chi connectivity index (χ3v) is 5.57. The molecule has 3 aliphatic rings. The lowest BCUT2D eigenvalue weighted by atomic mass is 9.86. The molecule has 1 atom stereocenters. The molecule has 21 heavy (non-hydrogen) atoms. The predicted molar refractivity (Wildman–Crippen MR) is 83.9 cm³/mol. The average molecular weight is 283 g/mol. The van der Waals surface area contributed by atoms with Gasteiger partial charge >= 0.3 is 0 Å². The first-order valence-electron chi connectivity index (χ1n) is 8.74. The Bertz CT molecular complexity index is 528. The highest BCUT2D eigenvalue weighted by Crippen LogP contribution is 2.43. The van der Waals surface area contributed by atoms with E-state index in [1.165, 1.54) is 49.7 Å². The number of hydrogen-bond acceptors (Lipinski definition) is 1. The van der Waals surface area contributed by atoms with Crippen molar-refractivity contribution in [1.82, 2.24) is 4.90 Å². The number of carbonyl (C=O) groups is 1. The van der Waals surface area contributed by atoms with Gasteiger partial charge in [-0.1, -0.05) is 37.1 Å². The Morgan fingerprint density at radius 1 is 0.952 bits per heavy atom. The molecule has 2 nitrogen and oxygen atoms in total. The number of aryl methyl sites for hydroxylation is 1.